The molecular formula is C35H56N4O4. The van der Waals surface area contributed by atoms with Crippen LogP contribution in [0.25, 0.3) is 0 Å². The maximum absolute atomic E-state index is 12.5. The summed E-state index contributed by atoms with van der Waals surface area (Å²) >= 11 is 0. The zero-order valence-electron chi connectivity index (χ0n) is 28.3. The molecule has 6 atom stereocenters. The Balaban J connectivity index is 0.000000404. The van der Waals surface area contributed by atoms with Gasteiger partial charge >= 0.3 is 6.09 Å². The molecule has 0 saturated carbocycles. The molecule has 4 rings (SSSR count). The minimum Gasteiger partial charge on any atom is -0.444 e. The van der Waals surface area contributed by atoms with Gasteiger partial charge in [0.25, 0.3) is 0 Å². The summed E-state index contributed by atoms with van der Waals surface area (Å²) < 4.78 is 5.27. The van der Waals surface area contributed by atoms with Crippen molar-refractivity contribution in [1.82, 2.24) is 15.1 Å². The fraction of sp³-hybridized carbons (Fsp3) is 0.571. The first kappa shape index (κ1) is 37.6. The van der Waals surface area contributed by atoms with Crippen molar-refractivity contribution >= 4 is 17.9 Å². The molecule has 8 heteroatoms. The summed E-state index contributed by atoms with van der Waals surface area (Å²) in [6.07, 6.45) is 0.771. The van der Waals surface area contributed by atoms with Crippen LogP contribution in [-0.2, 0) is 14.3 Å². The average molecular weight is 597 g/mol. The monoisotopic (exact) mass is 596 g/mol. The van der Waals surface area contributed by atoms with Gasteiger partial charge in [-0.25, -0.2) is 4.79 Å². The Morgan fingerprint density at radius 3 is 1.58 bits per heavy atom. The first-order chi connectivity index (χ1) is 20.3. The number of piperidine rings is 2. The Morgan fingerprint density at radius 1 is 0.767 bits per heavy atom. The highest BCUT2D eigenvalue weighted by Crippen LogP contribution is 2.33. The summed E-state index contributed by atoms with van der Waals surface area (Å²) in [5.41, 5.74) is 7.73. The van der Waals surface area contributed by atoms with Gasteiger partial charge in [-0.3, -0.25) is 9.59 Å². The van der Waals surface area contributed by atoms with E-state index in [9.17, 15) is 14.4 Å². The van der Waals surface area contributed by atoms with Crippen molar-refractivity contribution in [2.75, 3.05) is 14.1 Å². The molecule has 240 valence electrons. The van der Waals surface area contributed by atoms with E-state index in [1.165, 1.54) is 11.1 Å². The molecule has 0 unspecified atom stereocenters. The van der Waals surface area contributed by atoms with Crippen molar-refractivity contribution in [1.29, 1.82) is 0 Å². The third-order valence-corrected chi connectivity index (χ3v) is 7.84. The number of nitrogens with one attached hydrogen (secondary N) is 1. The summed E-state index contributed by atoms with van der Waals surface area (Å²) in [5, 5.41) is 2.72. The van der Waals surface area contributed by atoms with E-state index in [0.29, 0.717) is 12.3 Å². The first-order valence-electron chi connectivity index (χ1n) is 15.7. The van der Waals surface area contributed by atoms with Crippen molar-refractivity contribution in [3.63, 3.8) is 0 Å². The molecule has 2 fully saturated rings. The molecule has 0 bridgehead atoms. The molecule has 0 spiro atoms. The zero-order chi connectivity index (χ0) is 32.9. The molecule has 8 nitrogen and oxygen atoms in total. The number of rotatable bonds is 3. The number of likely N-dealkylation sites (tertiary alicyclic amines) is 2. The van der Waals surface area contributed by atoms with Gasteiger partial charge in [-0.15, -0.1) is 0 Å². The minimum atomic E-state index is -0.584. The number of hydrogen-bond donors (Lipinski definition) is 2. The normalized spacial score (nSPS) is 25.1. The Kier molecular flexibility index (Phi) is 15.5. The molecule has 2 aliphatic heterocycles. The van der Waals surface area contributed by atoms with Gasteiger partial charge in [-0.05, 0) is 58.6 Å². The Hall–Kier alpha value is -3.39. The van der Waals surface area contributed by atoms with Crippen molar-refractivity contribution in [2.24, 2.45) is 5.73 Å². The summed E-state index contributed by atoms with van der Waals surface area (Å²) in [4.78, 5) is 39.7. The maximum Gasteiger partial charge on any atom is 0.408 e. The van der Waals surface area contributed by atoms with E-state index in [1.807, 2.05) is 78.1 Å². The largest absolute Gasteiger partial charge is 0.444 e. The lowest BCUT2D eigenvalue weighted by molar-refractivity contribution is -0.138. The molecule has 0 aromatic heterocycles. The van der Waals surface area contributed by atoms with Crippen LogP contribution in [0.15, 0.2) is 60.7 Å². The van der Waals surface area contributed by atoms with Crippen LogP contribution >= 0.6 is 0 Å². The fourth-order valence-electron chi connectivity index (χ4n) is 5.37. The molecule has 2 aliphatic rings. The van der Waals surface area contributed by atoms with Crippen LogP contribution in [0.5, 0.6) is 0 Å². The van der Waals surface area contributed by atoms with E-state index in [1.54, 1.807) is 37.6 Å². The highest BCUT2D eigenvalue weighted by Gasteiger charge is 2.39. The Morgan fingerprint density at radius 2 is 1.16 bits per heavy atom. The lowest BCUT2D eigenvalue weighted by Gasteiger charge is -2.41. The average Bonchev–Trinajstić information content (AvgIpc) is 3.00. The van der Waals surface area contributed by atoms with Gasteiger partial charge in [0.1, 0.15) is 11.6 Å². The van der Waals surface area contributed by atoms with Crippen LogP contribution in [0.1, 0.15) is 98.1 Å². The van der Waals surface area contributed by atoms with E-state index >= 15 is 0 Å². The summed E-state index contributed by atoms with van der Waals surface area (Å²) in [7, 11) is 3.62. The summed E-state index contributed by atoms with van der Waals surface area (Å²) in [6.45, 7) is 17.5. The highest BCUT2D eigenvalue weighted by molar-refractivity contribution is 5.87. The number of carbonyl (C=O) groups is 3. The van der Waals surface area contributed by atoms with Gasteiger partial charge in [0.2, 0.25) is 11.8 Å². The van der Waals surface area contributed by atoms with Crippen LogP contribution in [0.3, 0.4) is 0 Å². The molecule has 3 amide bonds. The lowest BCUT2D eigenvalue weighted by atomic mass is 9.82. The predicted molar refractivity (Wildman–Crippen MR) is 176 cm³/mol. The fourth-order valence-corrected chi connectivity index (χ4v) is 5.37. The van der Waals surface area contributed by atoms with E-state index in [0.717, 1.165) is 6.42 Å². The third-order valence-electron chi connectivity index (χ3n) is 7.84. The van der Waals surface area contributed by atoms with Gasteiger partial charge in [0.15, 0.2) is 0 Å². The molecule has 2 saturated heterocycles. The number of amides is 3. The van der Waals surface area contributed by atoms with Gasteiger partial charge < -0.3 is 25.6 Å². The highest BCUT2D eigenvalue weighted by atomic mass is 16.6. The number of ether oxygens (including phenoxy) is 1. The Bertz CT molecular complexity index is 1120. The topological polar surface area (TPSA) is 105 Å². The number of benzene rings is 2. The molecule has 3 N–H and O–H groups in total. The van der Waals surface area contributed by atoms with Gasteiger partial charge in [0, 0.05) is 38.0 Å². The van der Waals surface area contributed by atoms with Gasteiger partial charge in [-0.2, -0.15) is 0 Å². The summed E-state index contributed by atoms with van der Waals surface area (Å²) in [6, 6.07) is 19.8. The third kappa shape index (κ3) is 10.7. The molecule has 0 aliphatic carbocycles. The first-order valence-corrected chi connectivity index (χ1v) is 15.7. The van der Waals surface area contributed by atoms with E-state index in [4.69, 9.17) is 10.5 Å². The van der Waals surface area contributed by atoms with Gasteiger partial charge in [0.05, 0.1) is 6.04 Å². The van der Waals surface area contributed by atoms with Crippen molar-refractivity contribution < 1.29 is 19.1 Å². The van der Waals surface area contributed by atoms with Crippen molar-refractivity contribution in [2.45, 2.75) is 117 Å². The van der Waals surface area contributed by atoms with Crippen molar-refractivity contribution in [3.8, 4) is 0 Å². The SMILES string of the molecule is CC.CC.C[C@@H]1[C@H](c2ccccc2)C[C@H](N)C(=O)N1C.C[C@@H]1[C@H](c2ccccc2)C[C@H](NC(=O)OC(C)(C)C)C(=O)N1C. The number of nitrogens with two attached hydrogens (primary N) is 1. The lowest BCUT2D eigenvalue weighted by Crippen LogP contribution is -2.57. The van der Waals surface area contributed by atoms with E-state index in [-0.39, 0.29) is 35.9 Å². The van der Waals surface area contributed by atoms with E-state index in [2.05, 4.69) is 36.5 Å². The Labute approximate surface area is 260 Å². The molecular weight excluding hydrogens is 540 g/mol. The number of nitrogens with zero attached hydrogens (tertiary/aromatic N) is 2. The standard InChI is InChI=1S/C18H26N2O3.C13H18N2O.2C2H6/c1-12-14(13-9-7-6-8-10-13)11-15(16(21)20(12)5)19-17(22)23-18(2,3)4;1-9-11(10-6-4-3-5-7-10)8-12(14)13(16)15(9)2;2*1-2/h6-10,12,14-15H,11H2,1-5H3,(H,19,22);3-7,9,11-12H,8,14H2,1-2H3;2*1-2H3/t12-,14-,15+;9-,11-,12+;;/m11../s1. The molecule has 0 radical (unpaired) electrons. The van der Waals surface area contributed by atoms with Crippen LogP contribution in [-0.4, -0.2) is 71.6 Å². The zero-order valence-corrected chi connectivity index (χ0v) is 28.3. The molecule has 2 aromatic carbocycles. The molecule has 43 heavy (non-hydrogen) atoms. The number of likely N-dealkylation sites (N-methyl/N-ethyl adjacent to an activating group) is 2. The molecule has 2 aromatic rings. The smallest absolute Gasteiger partial charge is 0.408 e. The van der Waals surface area contributed by atoms with Crippen LogP contribution in [0.2, 0.25) is 0 Å². The van der Waals surface area contributed by atoms with Crippen LogP contribution in [0, 0.1) is 0 Å². The van der Waals surface area contributed by atoms with Crippen molar-refractivity contribution in [3.05, 3.63) is 71.8 Å². The van der Waals surface area contributed by atoms with Crippen LogP contribution < -0.4 is 11.1 Å². The number of carbonyl (C=O) groups excluding carboxylic acids is 3. The number of hydrogen-bond acceptors (Lipinski definition) is 5. The van der Waals surface area contributed by atoms with Crippen LogP contribution in [0.4, 0.5) is 4.79 Å². The van der Waals surface area contributed by atoms with Gasteiger partial charge in [-0.1, -0.05) is 88.4 Å². The quantitative estimate of drug-likeness (QED) is 0.432. The minimum absolute atomic E-state index is 0.0553. The molecule has 2 heterocycles. The summed E-state index contributed by atoms with van der Waals surface area (Å²) in [5.74, 6) is 0.507. The number of alkyl carbamates (subject to hydrolysis) is 1. The second-order valence-electron chi connectivity index (χ2n) is 11.7. The van der Waals surface area contributed by atoms with E-state index < -0.39 is 17.7 Å². The second kappa shape index (κ2) is 17.7. The second-order valence-corrected chi connectivity index (χ2v) is 11.7. The maximum atomic E-state index is 12.5. The predicted octanol–water partition coefficient (Wildman–Crippen LogP) is 6.31.